The van der Waals surface area contributed by atoms with Gasteiger partial charge in [-0.05, 0) is 18.2 Å². The number of fused-ring (bicyclic) bond motifs is 8. The highest BCUT2D eigenvalue weighted by atomic mass is 16.8. The van der Waals surface area contributed by atoms with Crippen LogP contribution in [0.2, 0.25) is 0 Å². The molecule has 0 aliphatic carbocycles. The molecular weight excluding hydrogens is 206 g/mol. The third kappa shape index (κ3) is 0.790. The second-order valence-corrected chi connectivity index (χ2v) is 4.60. The molecule has 4 unspecified atom stereocenters. The predicted molar refractivity (Wildman–Crippen MR) is 54.8 cm³/mol. The Morgan fingerprint density at radius 3 is 2.06 bits per heavy atom. The van der Waals surface area contributed by atoms with Crippen molar-refractivity contribution in [3.8, 4) is 0 Å². The molecule has 4 heteroatoms. The first-order valence-corrected chi connectivity index (χ1v) is 5.45. The van der Waals surface area contributed by atoms with Gasteiger partial charge in [0.05, 0.1) is 12.1 Å². The van der Waals surface area contributed by atoms with Crippen LogP contribution in [0.25, 0.3) is 0 Å². The quantitative estimate of drug-likeness (QED) is 0.619. The summed E-state index contributed by atoms with van der Waals surface area (Å²) in [5.74, 6) is 0. The van der Waals surface area contributed by atoms with E-state index in [-0.39, 0.29) is 24.3 Å². The zero-order valence-electron chi connectivity index (χ0n) is 8.79. The number of likely N-dealkylation sites (N-methyl/N-ethyl adjacent to an activating group) is 1. The van der Waals surface area contributed by atoms with Gasteiger partial charge in [0.1, 0.15) is 0 Å². The number of hydrogen-bond donors (Lipinski definition) is 0. The van der Waals surface area contributed by atoms with E-state index in [0.29, 0.717) is 0 Å². The summed E-state index contributed by atoms with van der Waals surface area (Å²) in [6, 6.07) is 8.60. The number of rotatable bonds is 0. The van der Waals surface area contributed by atoms with Crippen molar-refractivity contribution in [1.29, 1.82) is 0 Å². The van der Waals surface area contributed by atoms with Gasteiger partial charge in [-0.3, -0.25) is 4.90 Å². The van der Waals surface area contributed by atoms with Crippen LogP contribution in [0.1, 0.15) is 23.2 Å². The van der Waals surface area contributed by atoms with E-state index in [1.165, 1.54) is 11.1 Å². The number of benzene rings is 1. The number of nitrogens with zero attached hydrogens (tertiary/aromatic N) is 1. The monoisotopic (exact) mass is 217 g/mol. The smallest absolute Gasteiger partial charge is 0.425 e. The molecule has 16 heavy (non-hydrogen) atoms. The minimum Gasteiger partial charge on any atom is -0.425 e. The predicted octanol–water partition coefficient (Wildman–Crippen LogP) is 1.63. The van der Waals surface area contributed by atoms with Crippen molar-refractivity contribution >= 4 is 6.16 Å². The molecule has 4 rings (SSSR count). The Kier molecular flexibility index (Phi) is 1.38. The molecule has 2 bridgehead atoms. The van der Waals surface area contributed by atoms with Gasteiger partial charge in [0.15, 0.2) is 12.2 Å². The Hall–Kier alpha value is -1.55. The summed E-state index contributed by atoms with van der Waals surface area (Å²) in [6.07, 6.45) is -0.777. The van der Waals surface area contributed by atoms with E-state index in [9.17, 15) is 4.79 Å². The average molecular weight is 217 g/mol. The number of carbonyl (C=O) groups is 1. The van der Waals surface area contributed by atoms with E-state index in [1.807, 2.05) is 12.1 Å². The van der Waals surface area contributed by atoms with Crippen molar-refractivity contribution in [2.45, 2.75) is 24.3 Å². The first-order valence-electron chi connectivity index (χ1n) is 5.45. The van der Waals surface area contributed by atoms with E-state index in [2.05, 4.69) is 24.1 Å². The van der Waals surface area contributed by atoms with Crippen molar-refractivity contribution in [2.24, 2.45) is 0 Å². The van der Waals surface area contributed by atoms with E-state index >= 15 is 0 Å². The minimum absolute atomic E-state index is 0.127. The highest BCUT2D eigenvalue weighted by molar-refractivity contribution is 5.64. The molecule has 0 aromatic heterocycles. The molecule has 0 N–H and O–H groups in total. The third-order valence-corrected chi connectivity index (χ3v) is 3.92. The zero-order chi connectivity index (χ0) is 10.9. The lowest BCUT2D eigenvalue weighted by atomic mass is 9.88. The van der Waals surface area contributed by atoms with Gasteiger partial charge in [-0.15, -0.1) is 0 Å². The summed E-state index contributed by atoms with van der Waals surface area (Å²) in [5, 5.41) is 0. The standard InChI is InChI=1S/C12H11NO3/c1-13-8-6-4-2-3-5-7(6)9(13)11-10(8)15-12(14)16-11/h2-5,8-11H,1H3. The fraction of sp³-hybridized carbons (Fsp3) is 0.417. The van der Waals surface area contributed by atoms with Crippen LogP contribution in [-0.2, 0) is 9.47 Å². The largest absolute Gasteiger partial charge is 0.509 e. The van der Waals surface area contributed by atoms with Crippen LogP contribution in [0.4, 0.5) is 4.79 Å². The van der Waals surface area contributed by atoms with Crippen molar-refractivity contribution in [1.82, 2.24) is 4.90 Å². The van der Waals surface area contributed by atoms with E-state index < -0.39 is 6.16 Å². The Balaban J connectivity index is 1.89. The first kappa shape index (κ1) is 8.58. The molecule has 1 aromatic carbocycles. The van der Waals surface area contributed by atoms with Crippen LogP contribution in [0.3, 0.4) is 0 Å². The molecule has 3 heterocycles. The summed E-state index contributed by atoms with van der Waals surface area (Å²) in [7, 11) is 2.06. The van der Waals surface area contributed by atoms with Crippen molar-refractivity contribution < 1.29 is 14.3 Å². The Bertz CT molecular complexity index is 446. The zero-order valence-corrected chi connectivity index (χ0v) is 8.79. The molecule has 1 aromatic rings. The van der Waals surface area contributed by atoms with Crippen LogP contribution in [0.15, 0.2) is 24.3 Å². The summed E-state index contributed by atoms with van der Waals surface area (Å²) in [4.78, 5) is 13.4. The molecule has 4 nitrogen and oxygen atoms in total. The molecule has 2 saturated heterocycles. The van der Waals surface area contributed by atoms with Crippen LogP contribution < -0.4 is 0 Å². The number of hydrogen-bond acceptors (Lipinski definition) is 4. The van der Waals surface area contributed by atoms with Gasteiger partial charge in [-0.25, -0.2) is 4.79 Å². The minimum atomic E-state index is -0.522. The average Bonchev–Trinajstić information content (AvgIpc) is 2.84. The molecular formula is C12H11NO3. The van der Waals surface area contributed by atoms with Crippen molar-refractivity contribution in [3.05, 3.63) is 35.4 Å². The highest BCUT2D eigenvalue weighted by Gasteiger charge is 2.61. The molecule has 0 amide bonds. The van der Waals surface area contributed by atoms with Crippen LogP contribution in [-0.4, -0.2) is 30.3 Å². The first-order chi connectivity index (χ1) is 7.77. The second-order valence-electron chi connectivity index (χ2n) is 4.60. The SMILES string of the molecule is CN1C2c3ccccc3C1C1OC(=O)OC12. The summed E-state index contributed by atoms with van der Waals surface area (Å²) >= 11 is 0. The Morgan fingerprint density at radius 1 is 1.06 bits per heavy atom. The lowest BCUT2D eigenvalue weighted by Gasteiger charge is -2.20. The number of ether oxygens (including phenoxy) is 2. The molecule has 3 aliphatic rings. The Labute approximate surface area is 92.8 Å². The van der Waals surface area contributed by atoms with Crippen LogP contribution >= 0.6 is 0 Å². The normalized spacial score (nSPS) is 39.2. The third-order valence-electron chi connectivity index (χ3n) is 3.92. The van der Waals surface area contributed by atoms with E-state index in [0.717, 1.165) is 0 Å². The number of carbonyl (C=O) groups excluding carboxylic acids is 1. The maximum absolute atomic E-state index is 11.2. The van der Waals surface area contributed by atoms with E-state index in [4.69, 9.17) is 9.47 Å². The molecule has 0 spiro atoms. The molecule has 0 radical (unpaired) electrons. The van der Waals surface area contributed by atoms with Gasteiger partial charge in [-0.2, -0.15) is 0 Å². The van der Waals surface area contributed by atoms with E-state index in [1.54, 1.807) is 0 Å². The Morgan fingerprint density at radius 2 is 1.56 bits per heavy atom. The molecule has 2 fully saturated rings. The summed E-state index contributed by atoms with van der Waals surface area (Å²) < 4.78 is 10.5. The van der Waals surface area contributed by atoms with Crippen LogP contribution in [0.5, 0.6) is 0 Å². The summed E-state index contributed by atoms with van der Waals surface area (Å²) in [6.45, 7) is 0. The van der Waals surface area contributed by atoms with Gasteiger partial charge in [-0.1, -0.05) is 24.3 Å². The lowest BCUT2D eigenvalue weighted by molar-refractivity contribution is 0.0767. The maximum Gasteiger partial charge on any atom is 0.509 e. The summed E-state index contributed by atoms with van der Waals surface area (Å²) in [5.41, 5.74) is 2.55. The highest BCUT2D eigenvalue weighted by Crippen LogP contribution is 2.55. The van der Waals surface area contributed by atoms with Gasteiger partial charge in [0, 0.05) is 0 Å². The van der Waals surface area contributed by atoms with Gasteiger partial charge in [0.25, 0.3) is 0 Å². The fourth-order valence-electron chi connectivity index (χ4n) is 3.35. The molecule has 4 atom stereocenters. The van der Waals surface area contributed by atoms with Gasteiger partial charge >= 0.3 is 6.16 Å². The maximum atomic E-state index is 11.2. The molecule has 82 valence electrons. The van der Waals surface area contributed by atoms with Crippen LogP contribution in [0, 0.1) is 0 Å². The second kappa shape index (κ2) is 2.58. The fourth-order valence-corrected chi connectivity index (χ4v) is 3.35. The lowest BCUT2D eigenvalue weighted by Crippen LogP contribution is -2.28. The van der Waals surface area contributed by atoms with Crippen molar-refractivity contribution in [2.75, 3.05) is 7.05 Å². The topological polar surface area (TPSA) is 38.8 Å². The van der Waals surface area contributed by atoms with Crippen molar-refractivity contribution in [3.63, 3.8) is 0 Å². The molecule has 0 saturated carbocycles. The van der Waals surface area contributed by atoms with Gasteiger partial charge < -0.3 is 9.47 Å². The molecule has 3 aliphatic heterocycles. The van der Waals surface area contributed by atoms with Gasteiger partial charge in [0.2, 0.25) is 0 Å².